The minimum Gasteiger partial charge on any atom is -0.493 e. The average molecular weight is 307 g/mol. The molecule has 1 aromatic heterocycles. The molecule has 110 valence electrons. The maximum absolute atomic E-state index is 11.7. The Balaban J connectivity index is 1.77. The lowest BCUT2D eigenvalue weighted by Crippen LogP contribution is -2.15. The zero-order chi connectivity index (χ0) is 15.1. The third-order valence-electron chi connectivity index (χ3n) is 2.38. The first-order chi connectivity index (χ1) is 10.2. The van der Waals surface area contributed by atoms with E-state index in [-0.39, 0.29) is 29.9 Å². The molecule has 21 heavy (non-hydrogen) atoms. The van der Waals surface area contributed by atoms with Crippen LogP contribution in [0.1, 0.15) is 17.0 Å². The van der Waals surface area contributed by atoms with Crippen LogP contribution in [-0.4, -0.2) is 35.0 Å². The van der Waals surface area contributed by atoms with Crippen LogP contribution < -0.4 is 10.1 Å². The van der Waals surface area contributed by atoms with Crippen LogP contribution in [0.2, 0.25) is 0 Å². The molecule has 7 nitrogen and oxygen atoms in total. The van der Waals surface area contributed by atoms with Gasteiger partial charge in [-0.3, -0.25) is 4.79 Å². The summed E-state index contributed by atoms with van der Waals surface area (Å²) in [5.41, 5.74) is 0. The number of hydrogen-bond donors (Lipinski definition) is 1. The molecule has 0 radical (unpaired) electrons. The Bertz CT molecular complexity index is 615. The molecule has 0 bridgehead atoms. The maximum Gasteiger partial charge on any atom is 0.377 e. The van der Waals surface area contributed by atoms with Gasteiger partial charge < -0.3 is 14.8 Å². The number of nitrogens with zero attached hydrogens (tertiary/aromatic N) is 2. The fourth-order valence-corrected chi connectivity index (χ4v) is 1.98. The van der Waals surface area contributed by atoms with Gasteiger partial charge in [-0.1, -0.05) is 18.2 Å². The summed E-state index contributed by atoms with van der Waals surface area (Å²) in [5, 5.41) is 2.80. The Hall–Kier alpha value is -2.48. The summed E-state index contributed by atoms with van der Waals surface area (Å²) in [4.78, 5) is 26.7. The van der Waals surface area contributed by atoms with E-state index in [0.717, 1.165) is 11.5 Å². The lowest BCUT2D eigenvalue weighted by atomic mass is 10.3. The maximum atomic E-state index is 11.7. The minimum atomic E-state index is -0.640. The highest BCUT2D eigenvalue weighted by molar-refractivity contribution is 7.10. The van der Waals surface area contributed by atoms with Crippen LogP contribution in [-0.2, 0) is 9.53 Å². The second-order valence-corrected chi connectivity index (χ2v) is 4.63. The molecule has 1 amide bonds. The molecule has 0 aliphatic rings. The molecule has 8 heteroatoms. The SMILES string of the molecule is COC(=O)c1nsc(NC(=O)CCOc2ccccc2)n1. The fourth-order valence-electron chi connectivity index (χ4n) is 1.41. The molecule has 0 fully saturated rings. The van der Waals surface area contributed by atoms with Crippen molar-refractivity contribution in [1.29, 1.82) is 0 Å². The van der Waals surface area contributed by atoms with E-state index in [2.05, 4.69) is 19.4 Å². The average Bonchev–Trinajstić information content (AvgIpc) is 2.96. The molecule has 0 aliphatic carbocycles. The Morgan fingerprint density at radius 1 is 1.29 bits per heavy atom. The Morgan fingerprint density at radius 2 is 2.05 bits per heavy atom. The topological polar surface area (TPSA) is 90.4 Å². The molecule has 0 saturated heterocycles. The molecule has 0 aliphatic heterocycles. The number of anilines is 1. The number of rotatable bonds is 6. The zero-order valence-electron chi connectivity index (χ0n) is 11.2. The van der Waals surface area contributed by atoms with E-state index >= 15 is 0 Å². The van der Waals surface area contributed by atoms with Crippen molar-refractivity contribution in [1.82, 2.24) is 9.36 Å². The van der Waals surface area contributed by atoms with E-state index in [1.165, 1.54) is 7.11 Å². The van der Waals surface area contributed by atoms with E-state index in [9.17, 15) is 9.59 Å². The number of carbonyl (C=O) groups excluding carboxylic acids is 2. The molecule has 2 rings (SSSR count). The number of amides is 1. The van der Waals surface area contributed by atoms with Gasteiger partial charge >= 0.3 is 5.97 Å². The highest BCUT2D eigenvalue weighted by atomic mass is 32.1. The lowest BCUT2D eigenvalue weighted by Gasteiger charge is -2.05. The van der Waals surface area contributed by atoms with Gasteiger partial charge in [-0.05, 0) is 12.1 Å². The number of benzene rings is 1. The molecule has 1 aromatic carbocycles. The summed E-state index contributed by atoms with van der Waals surface area (Å²) in [5.74, 6) is -0.273. The third-order valence-corrected chi connectivity index (χ3v) is 3.01. The molecule has 1 heterocycles. The van der Waals surface area contributed by atoms with Crippen molar-refractivity contribution in [2.75, 3.05) is 19.0 Å². The van der Waals surface area contributed by atoms with Gasteiger partial charge in [-0.2, -0.15) is 9.36 Å². The van der Waals surface area contributed by atoms with E-state index < -0.39 is 5.97 Å². The summed E-state index contributed by atoms with van der Waals surface area (Å²) in [6, 6.07) is 9.21. The molecule has 0 atom stereocenters. The van der Waals surface area contributed by atoms with E-state index in [4.69, 9.17) is 4.74 Å². The van der Waals surface area contributed by atoms with Gasteiger partial charge in [0.15, 0.2) is 0 Å². The van der Waals surface area contributed by atoms with Crippen molar-refractivity contribution in [2.45, 2.75) is 6.42 Å². The largest absolute Gasteiger partial charge is 0.493 e. The summed E-state index contributed by atoms with van der Waals surface area (Å²) < 4.78 is 13.7. The number of hydrogen-bond acceptors (Lipinski definition) is 7. The van der Waals surface area contributed by atoms with Gasteiger partial charge in [0, 0.05) is 11.5 Å². The summed E-state index contributed by atoms with van der Waals surface area (Å²) >= 11 is 0.917. The molecular weight excluding hydrogens is 294 g/mol. The fraction of sp³-hybridized carbons (Fsp3) is 0.231. The Morgan fingerprint density at radius 3 is 2.76 bits per heavy atom. The molecule has 0 spiro atoms. The van der Waals surface area contributed by atoms with Gasteiger partial charge in [0.25, 0.3) is 5.82 Å². The van der Waals surface area contributed by atoms with Crippen LogP contribution in [0.25, 0.3) is 0 Å². The molecule has 0 unspecified atom stereocenters. The first-order valence-corrected chi connectivity index (χ1v) is 6.86. The minimum absolute atomic E-state index is 0.0710. The van der Waals surface area contributed by atoms with Crippen molar-refractivity contribution in [3.8, 4) is 5.75 Å². The zero-order valence-corrected chi connectivity index (χ0v) is 12.1. The van der Waals surface area contributed by atoms with Crippen LogP contribution in [0, 0.1) is 0 Å². The summed E-state index contributed by atoms with van der Waals surface area (Å²) in [7, 11) is 1.24. The number of para-hydroxylation sites is 1. The monoisotopic (exact) mass is 307 g/mol. The Labute approximate surface area is 125 Å². The predicted molar refractivity (Wildman–Crippen MR) is 76.4 cm³/mol. The van der Waals surface area contributed by atoms with Gasteiger partial charge in [0.1, 0.15) is 5.75 Å². The summed E-state index contributed by atoms with van der Waals surface area (Å²) in [6.07, 6.45) is 0.169. The quantitative estimate of drug-likeness (QED) is 0.817. The van der Waals surface area contributed by atoms with E-state index in [1.807, 2.05) is 30.3 Å². The van der Waals surface area contributed by atoms with Crippen molar-refractivity contribution in [2.24, 2.45) is 0 Å². The second-order valence-electron chi connectivity index (χ2n) is 3.87. The van der Waals surface area contributed by atoms with Crippen molar-refractivity contribution >= 4 is 28.5 Å². The molecule has 2 aromatic rings. The molecular formula is C13H13N3O4S. The predicted octanol–water partition coefficient (Wildman–Crippen LogP) is 1.73. The van der Waals surface area contributed by atoms with Crippen LogP contribution in [0.3, 0.4) is 0 Å². The highest BCUT2D eigenvalue weighted by Gasteiger charge is 2.14. The number of nitrogens with one attached hydrogen (secondary N) is 1. The number of aromatic nitrogens is 2. The van der Waals surface area contributed by atoms with E-state index in [0.29, 0.717) is 5.75 Å². The van der Waals surface area contributed by atoms with Gasteiger partial charge in [0.2, 0.25) is 11.0 Å². The first kappa shape index (κ1) is 14.9. The highest BCUT2D eigenvalue weighted by Crippen LogP contribution is 2.12. The number of ether oxygens (including phenoxy) is 2. The number of carbonyl (C=O) groups is 2. The van der Waals surface area contributed by atoms with Gasteiger partial charge in [0.05, 0.1) is 20.1 Å². The van der Waals surface area contributed by atoms with E-state index in [1.54, 1.807) is 0 Å². The van der Waals surface area contributed by atoms with Crippen molar-refractivity contribution < 1.29 is 19.1 Å². The van der Waals surface area contributed by atoms with Gasteiger partial charge in [-0.15, -0.1) is 0 Å². The number of methoxy groups -OCH3 is 1. The van der Waals surface area contributed by atoms with Crippen LogP contribution >= 0.6 is 11.5 Å². The van der Waals surface area contributed by atoms with Crippen LogP contribution in [0.4, 0.5) is 5.13 Å². The van der Waals surface area contributed by atoms with Crippen molar-refractivity contribution in [3.05, 3.63) is 36.2 Å². The summed E-state index contributed by atoms with van der Waals surface area (Å²) in [6.45, 7) is 0.249. The lowest BCUT2D eigenvalue weighted by molar-refractivity contribution is -0.116. The van der Waals surface area contributed by atoms with Crippen LogP contribution in [0.15, 0.2) is 30.3 Å². The second kappa shape index (κ2) is 7.34. The smallest absolute Gasteiger partial charge is 0.377 e. The van der Waals surface area contributed by atoms with Crippen LogP contribution in [0.5, 0.6) is 5.75 Å². The third kappa shape index (κ3) is 4.53. The molecule has 0 saturated carbocycles. The number of esters is 1. The van der Waals surface area contributed by atoms with Crippen molar-refractivity contribution in [3.63, 3.8) is 0 Å². The Kier molecular flexibility index (Phi) is 5.22. The van der Waals surface area contributed by atoms with Gasteiger partial charge in [-0.25, -0.2) is 4.79 Å². The standard InChI is InChI=1S/C13H13N3O4S/c1-19-12(18)11-15-13(21-16-11)14-10(17)7-8-20-9-5-3-2-4-6-9/h2-6H,7-8H2,1H3,(H,14,15,16,17). The normalized spacial score (nSPS) is 9.95. The molecule has 1 N–H and O–H groups in total. The first-order valence-electron chi connectivity index (χ1n) is 6.09.